The molecule has 2 heterocycles. The van der Waals surface area contributed by atoms with Crippen molar-refractivity contribution in [1.29, 1.82) is 0 Å². The monoisotopic (exact) mass is 273 g/mol. The molecule has 4 heteroatoms. The Bertz CT molecular complexity index is 493. The van der Waals surface area contributed by atoms with Crippen molar-refractivity contribution in [3.05, 3.63) is 48.0 Å². The van der Waals surface area contributed by atoms with E-state index in [-0.39, 0.29) is 0 Å². The molecule has 0 radical (unpaired) electrons. The molecule has 0 aromatic carbocycles. The van der Waals surface area contributed by atoms with Crippen LogP contribution in [0.1, 0.15) is 38.1 Å². The molecule has 0 amide bonds. The summed E-state index contributed by atoms with van der Waals surface area (Å²) in [4.78, 5) is 6.77. The number of pyridine rings is 1. The van der Waals surface area contributed by atoms with Gasteiger partial charge in [0, 0.05) is 18.8 Å². The molecule has 0 fully saturated rings. The molecule has 0 aliphatic heterocycles. The Kier molecular flexibility index (Phi) is 5.18. The van der Waals surface area contributed by atoms with Crippen LogP contribution in [-0.2, 0) is 6.54 Å². The fourth-order valence-corrected chi connectivity index (χ4v) is 2.21. The van der Waals surface area contributed by atoms with E-state index >= 15 is 0 Å². The predicted molar refractivity (Wildman–Crippen MR) is 81.8 cm³/mol. The minimum absolute atomic E-state index is 0.335. The van der Waals surface area contributed by atoms with E-state index < -0.39 is 0 Å². The lowest BCUT2D eigenvalue weighted by molar-refractivity contribution is 0.503. The zero-order valence-electron chi connectivity index (χ0n) is 12.5. The Labute approximate surface area is 120 Å². The first-order chi connectivity index (χ1) is 9.74. The Morgan fingerprint density at radius 3 is 2.70 bits per heavy atom. The van der Waals surface area contributed by atoms with Crippen LogP contribution < -0.4 is 10.2 Å². The summed E-state index contributed by atoms with van der Waals surface area (Å²) >= 11 is 0. The molecule has 1 unspecified atom stereocenters. The van der Waals surface area contributed by atoms with Gasteiger partial charge in [0.2, 0.25) is 0 Å². The molecule has 20 heavy (non-hydrogen) atoms. The van der Waals surface area contributed by atoms with Gasteiger partial charge in [0.15, 0.2) is 0 Å². The van der Waals surface area contributed by atoms with Crippen molar-refractivity contribution in [2.24, 2.45) is 0 Å². The molecule has 0 bridgehead atoms. The van der Waals surface area contributed by atoms with Crippen LogP contribution in [0.15, 0.2) is 41.1 Å². The van der Waals surface area contributed by atoms with E-state index in [2.05, 4.69) is 48.1 Å². The lowest BCUT2D eigenvalue weighted by Gasteiger charge is -2.21. The number of aromatic nitrogens is 1. The van der Waals surface area contributed by atoms with E-state index in [9.17, 15) is 0 Å². The van der Waals surface area contributed by atoms with Crippen molar-refractivity contribution in [1.82, 2.24) is 10.3 Å². The summed E-state index contributed by atoms with van der Waals surface area (Å²) in [5.41, 5.74) is 1.21. The number of nitrogens with one attached hydrogen (secondary N) is 1. The van der Waals surface area contributed by atoms with Crippen molar-refractivity contribution in [2.75, 3.05) is 18.0 Å². The fraction of sp³-hybridized carbons (Fsp3) is 0.438. The zero-order chi connectivity index (χ0) is 14.4. The predicted octanol–water partition coefficient (Wildman–Crippen LogP) is 3.37. The van der Waals surface area contributed by atoms with Gasteiger partial charge in [-0.1, -0.05) is 13.0 Å². The first kappa shape index (κ1) is 14.6. The minimum atomic E-state index is 0.335. The van der Waals surface area contributed by atoms with E-state index in [1.807, 2.05) is 18.3 Å². The number of furan rings is 1. The Hall–Kier alpha value is -1.81. The van der Waals surface area contributed by atoms with Crippen LogP contribution in [-0.4, -0.2) is 18.1 Å². The number of nitrogens with zero attached hydrogens (tertiary/aromatic N) is 2. The van der Waals surface area contributed by atoms with Crippen molar-refractivity contribution >= 4 is 5.82 Å². The highest BCUT2D eigenvalue weighted by atomic mass is 16.3. The highest BCUT2D eigenvalue weighted by Crippen LogP contribution is 2.18. The molecule has 0 saturated heterocycles. The van der Waals surface area contributed by atoms with Crippen LogP contribution in [0.4, 0.5) is 5.82 Å². The summed E-state index contributed by atoms with van der Waals surface area (Å²) in [6.45, 7) is 9.00. The van der Waals surface area contributed by atoms with Crippen molar-refractivity contribution in [3.8, 4) is 0 Å². The quantitative estimate of drug-likeness (QED) is 0.839. The molecule has 0 saturated carbocycles. The maximum Gasteiger partial charge on any atom is 0.128 e. The maximum atomic E-state index is 5.40. The van der Waals surface area contributed by atoms with E-state index in [1.165, 1.54) is 5.56 Å². The molecule has 1 atom stereocenters. The second kappa shape index (κ2) is 7.10. The van der Waals surface area contributed by atoms with Crippen LogP contribution in [0.3, 0.4) is 0 Å². The average molecular weight is 273 g/mol. The van der Waals surface area contributed by atoms with Crippen molar-refractivity contribution < 1.29 is 4.42 Å². The van der Waals surface area contributed by atoms with Gasteiger partial charge < -0.3 is 14.6 Å². The van der Waals surface area contributed by atoms with Gasteiger partial charge in [0.25, 0.3) is 0 Å². The molecule has 2 aromatic rings. The molecular weight excluding hydrogens is 250 g/mol. The average Bonchev–Trinajstić information content (AvgIpc) is 2.98. The molecule has 108 valence electrons. The third-order valence-electron chi connectivity index (χ3n) is 3.41. The Balaban J connectivity index is 2.07. The molecule has 0 spiro atoms. The summed E-state index contributed by atoms with van der Waals surface area (Å²) in [7, 11) is 0. The van der Waals surface area contributed by atoms with Gasteiger partial charge in [0.1, 0.15) is 11.6 Å². The molecule has 0 aliphatic rings. The lowest BCUT2D eigenvalue weighted by atomic mass is 10.1. The highest BCUT2D eigenvalue weighted by Gasteiger charge is 2.10. The van der Waals surface area contributed by atoms with Gasteiger partial charge in [-0.25, -0.2) is 4.98 Å². The Morgan fingerprint density at radius 1 is 1.30 bits per heavy atom. The topological polar surface area (TPSA) is 41.3 Å². The second-order valence-electron chi connectivity index (χ2n) is 4.82. The van der Waals surface area contributed by atoms with Crippen molar-refractivity contribution in [3.63, 3.8) is 0 Å². The van der Waals surface area contributed by atoms with E-state index in [0.717, 1.165) is 31.2 Å². The Morgan fingerprint density at radius 2 is 2.15 bits per heavy atom. The van der Waals surface area contributed by atoms with Crippen LogP contribution in [0.2, 0.25) is 0 Å². The highest BCUT2D eigenvalue weighted by molar-refractivity contribution is 5.40. The smallest absolute Gasteiger partial charge is 0.128 e. The largest absolute Gasteiger partial charge is 0.467 e. The van der Waals surface area contributed by atoms with Crippen LogP contribution in [0.5, 0.6) is 0 Å². The van der Waals surface area contributed by atoms with E-state index in [4.69, 9.17) is 4.42 Å². The van der Waals surface area contributed by atoms with Gasteiger partial charge in [-0.3, -0.25) is 0 Å². The second-order valence-corrected chi connectivity index (χ2v) is 4.82. The number of hydrogen-bond acceptors (Lipinski definition) is 4. The molecule has 2 aromatic heterocycles. The third kappa shape index (κ3) is 3.61. The number of anilines is 1. The van der Waals surface area contributed by atoms with E-state index in [1.54, 1.807) is 6.26 Å². The minimum Gasteiger partial charge on any atom is -0.467 e. The van der Waals surface area contributed by atoms with Crippen molar-refractivity contribution in [2.45, 2.75) is 33.4 Å². The summed E-state index contributed by atoms with van der Waals surface area (Å²) in [6, 6.07) is 8.46. The van der Waals surface area contributed by atoms with Crippen LogP contribution >= 0.6 is 0 Å². The summed E-state index contributed by atoms with van der Waals surface area (Å²) in [5, 5.41) is 3.39. The summed E-state index contributed by atoms with van der Waals surface area (Å²) in [6.07, 6.45) is 3.66. The molecule has 1 N–H and O–H groups in total. The van der Waals surface area contributed by atoms with Gasteiger partial charge in [-0.2, -0.15) is 0 Å². The number of hydrogen-bond donors (Lipinski definition) is 1. The summed E-state index contributed by atoms with van der Waals surface area (Å²) < 4.78 is 5.40. The van der Waals surface area contributed by atoms with Crippen LogP contribution in [0, 0.1) is 0 Å². The lowest BCUT2D eigenvalue weighted by Crippen LogP contribution is -2.23. The van der Waals surface area contributed by atoms with Gasteiger partial charge in [-0.05, 0) is 44.2 Å². The first-order valence-corrected chi connectivity index (χ1v) is 7.21. The van der Waals surface area contributed by atoms with Crippen LogP contribution in [0.25, 0.3) is 0 Å². The molecule has 4 nitrogen and oxygen atoms in total. The first-order valence-electron chi connectivity index (χ1n) is 7.21. The normalized spacial score (nSPS) is 12.3. The number of rotatable bonds is 7. The van der Waals surface area contributed by atoms with Gasteiger partial charge in [-0.15, -0.1) is 0 Å². The standard InChI is InChI=1S/C16H23N3O/c1-4-17-13(3)14-8-9-16(18-11-14)19(5-2)12-15-7-6-10-20-15/h6-11,13,17H,4-5,12H2,1-3H3. The maximum absolute atomic E-state index is 5.40. The van der Waals surface area contributed by atoms with Gasteiger partial charge >= 0.3 is 0 Å². The van der Waals surface area contributed by atoms with E-state index in [0.29, 0.717) is 6.04 Å². The molecule has 2 rings (SSSR count). The fourth-order valence-electron chi connectivity index (χ4n) is 2.21. The zero-order valence-corrected chi connectivity index (χ0v) is 12.5. The third-order valence-corrected chi connectivity index (χ3v) is 3.41. The van der Waals surface area contributed by atoms with Gasteiger partial charge in [0.05, 0.1) is 12.8 Å². The summed E-state index contributed by atoms with van der Waals surface area (Å²) in [5.74, 6) is 1.94. The SMILES string of the molecule is CCNC(C)c1ccc(N(CC)Cc2ccco2)nc1. The molecular formula is C16H23N3O. The molecule has 0 aliphatic carbocycles.